The fourth-order valence-corrected chi connectivity index (χ4v) is 1.05. The number of hydrogen-bond acceptors (Lipinski definition) is 5. The van der Waals surface area contributed by atoms with E-state index in [-0.39, 0.29) is 19.6 Å². The van der Waals surface area contributed by atoms with Gasteiger partial charge in [-0.15, -0.1) is 0 Å². The highest BCUT2D eigenvalue weighted by atomic mass is 16.5. The number of amides is 3. The van der Waals surface area contributed by atoms with E-state index in [1.807, 2.05) is 0 Å². The van der Waals surface area contributed by atoms with Gasteiger partial charge in [0.2, 0.25) is 11.8 Å². The molecule has 3 N–H and O–H groups in total. The van der Waals surface area contributed by atoms with Gasteiger partial charge in [0.1, 0.15) is 0 Å². The Balaban J connectivity index is 2.46. The lowest BCUT2D eigenvalue weighted by Crippen LogP contribution is -2.53. The fourth-order valence-electron chi connectivity index (χ4n) is 1.05. The zero-order valence-electron chi connectivity index (χ0n) is 6.74. The lowest BCUT2D eigenvalue weighted by Gasteiger charge is -2.23. The maximum absolute atomic E-state index is 10.8. The Morgan fingerprint density at radius 3 is 2.46 bits per heavy atom. The van der Waals surface area contributed by atoms with Gasteiger partial charge in [-0.05, 0) is 0 Å². The lowest BCUT2D eigenvalue weighted by molar-refractivity contribution is -0.138. The summed E-state index contributed by atoms with van der Waals surface area (Å²) in [6.45, 7) is -0.200. The highest BCUT2D eigenvalue weighted by Gasteiger charge is 2.23. The topological polar surface area (TPSA) is 98.7 Å². The van der Waals surface area contributed by atoms with Crippen LogP contribution >= 0.6 is 0 Å². The Hall–Kier alpha value is -1.47. The van der Waals surface area contributed by atoms with Crippen LogP contribution < -0.4 is 10.8 Å². The summed E-state index contributed by atoms with van der Waals surface area (Å²) >= 11 is 0. The van der Waals surface area contributed by atoms with Crippen molar-refractivity contribution in [2.24, 2.45) is 0 Å². The predicted octanol–water partition coefficient (Wildman–Crippen LogP) is -2.55. The van der Waals surface area contributed by atoms with Crippen LogP contribution in [0.1, 0.15) is 0 Å². The van der Waals surface area contributed by atoms with E-state index >= 15 is 0 Å². The van der Waals surface area contributed by atoms with Gasteiger partial charge in [0.25, 0.3) is 5.91 Å². The molecule has 3 amide bonds. The van der Waals surface area contributed by atoms with Gasteiger partial charge in [-0.3, -0.25) is 29.8 Å². The molecule has 7 nitrogen and oxygen atoms in total. The maximum atomic E-state index is 10.8. The van der Waals surface area contributed by atoms with Gasteiger partial charge in [0.05, 0.1) is 19.6 Å². The standard InChI is InChI=1S/C6H9N3O4/c10-4-1-9(2-5(11)7-4)3-6(12)8-13/h13H,1-3H2,(H,8,12)(H,7,10,11). The summed E-state index contributed by atoms with van der Waals surface area (Å²) in [5, 5.41) is 10.3. The third-order valence-electron chi connectivity index (χ3n) is 1.51. The van der Waals surface area contributed by atoms with Crippen LogP contribution in [0.25, 0.3) is 0 Å². The summed E-state index contributed by atoms with van der Waals surface area (Å²) in [5.41, 5.74) is 1.42. The van der Waals surface area contributed by atoms with Crippen LogP contribution in [0.15, 0.2) is 0 Å². The zero-order valence-corrected chi connectivity index (χ0v) is 6.74. The molecular formula is C6H9N3O4. The van der Waals surface area contributed by atoms with Crippen LogP contribution in [0, 0.1) is 0 Å². The van der Waals surface area contributed by atoms with Gasteiger partial charge in [-0.2, -0.15) is 0 Å². The highest BCUT2D eigenvalue weighted by Crippen LogP contribution is 1.93. The lowest BCUT2D eigenvalue weighted by atomic mass is 10.3. The van der Waals surface area contributed by atoms with Crippen molar-refractivity contribution in [1.29, 1.82) is 0 Å². The number of nitrogens with zero attached hydrogens (tertiary/aromatic N) is 1. The van der Waals surface area contributed by atoms with Gasteiger partial charge >= 0.3 is 0 Å². The van der Waals surface area contributed by atoms with Crippen LogP contribution in [-0.2, 0) is 14.4 Å². The first kappa shape index (κ1) is 9.62. The monoisotopic (exact) mass is 187 g/mol. The van der Waals surface area contributed by atoms with Crippen molar-refractivity contribution in [3.8, 4) is 0 Å². The van der Waals surface area contributed by atoms with E-state index in [9.17, 15) is 14.4 Å². The average molecular weight is 187 g/mol. The Bertz CT molecular complexity index is 236. The van der Waals surface area contributed by atoms with Crippen LogP contribution in [-0.4, -0.2) is 47.5 Å². The Morgan fingerprint density at radius 1 is 1.46 bits per heavy atom. The molecule has 1 heterocycles. The number of nitrogens with one attached hydrogen (secondary N) is 2. The molecule has 0 radical (unpaired) electrons. The van der Waals surface area contributed by atoms with Gasteiger partial charge < -0.3 is 0 Å². The molecule has 0 aliphatic carbocycles. The van der Waals surface area contributed by atoms with Gasteiger partial charge in [-0.1, -0.05) is 0 Å². The van der Waals surface area contributed by atoms with Gasteiger partial charge in [0.15, 0.2) is 0 Å². The minimum Gasteiger partial charge on any atom is -0.294 e. The number of carbonyl (C=O) groups excluding carboxylic acids is 3. The van der Waals surface area contributed by atoms with E-state index in [1.54, 1.807) is 0 Å². The van der Waals surface area contributed by atoms with E-state index in [4.69, 9.17) is 5.21 Å². The molecule has 1 aliphatic rings. The smallest absolute Gasteiger partial charge is 0.257 e. The van der Waals surface area contributed by atoms with Gasteiger partial charge in [-0.25, -0.2) is 5.48 Å². The van der Waals surface area contributed by atoms with Crippen molar-refractivity contribution < 1.29 is 19.6 Å². The fraction of sp³-hybridized carbons (Fsp3) is 0.500. The maximum Gasteiger partial charge on any atom is 0.257 e. The summed E-state index contributed by atoms with van der Waals surface area (Å²) < 4.78 is 0. The SMILES string of the molecule is O=C(CN1CC(=O)NC(=O)C1)NO. The molecule has 1 aliphatic heterocycles. The van der Waals surface area contributed by atoms with Crippen molar-refractivity contribution in [2.45, 2.75) is 0 Å². The van der Waals surface area contributed by atoms with E-state index in [2.05, 4.69) is 5.32 Å². The number of rotatable bonds is 2. The number of carbonyl (C=O) groups is 3. The third-order valence-corrected chi connectivity index (χ3v) is 1.51. The first-order valence-electron chi connectivity index (χ1n) is 3.60. The number of hydroxylamine groups is 1. The van der Waals surface area contributed by atoms with Crippen molar-refractivity contribution in [1.82, 2.24) is 15.7 Å². The van der Waals surface area contributed by atoms with E-state index in [0.717, 1.165) is 0 Å². The van der Waals surface area contributed by atoms with E-state index < -0.39 is 17.7 Å². The normalized spacial score (nSPS) is 18.2. The highest BCUT2D eigenvalue weighted by molar-refractivity contribution is 5.99. The molecule has 13 heavy (non-hydrogen) atoms. The Kier molecular flexibility index (Phi) is 2.93. The third kappa shape index (κ3) is 2.80. The minimum absolute atomic E-state index is 0.0147. The summed E-state index contributed by atoms with van der Waals surface area (Å²) in [6.07, 6.45) is 0. The first-order valence-corrected chi connectivity index (χ1v) is 3.60. The summed E-state index contributed by atoms with van der Waals surface area (Å²) in [4.78, 5) is 33.5. The van der Waals surface area contributed by atoms with Crippen LogP contribution in [0.3, 0.4) is 0 Å². The van der Waals surface area contributed by atoms with Crippen molar-refractivity contribution in [3.63, 3.8) is 0 Å². The number of imide groups is 1. The van der Waals surface area contributed by atoms with E-state index in [0.29, 0.717) is 0 Å². The quantitative estimate of drug-likeness (QED) is 0.251. The predicted molar refractivity (Wildman–Crippen MR) is 39.5 cm³/mol. The largest absolute Gasteiger partial charge is 0.294 e. The molecule has 0 saturated carbocycles. The molecule has 72 valence electrons. The summed E-state index contributed by atoms with van der Waals surface area (Å²) in [5.74, 6) is -1.54. The van der Waals surface area contributed by atoms with E-state index in [1.165, 1.54) is 10.4 Å². The number of hydrogen-bond donors (Lipinski definition) is 3. The molecule has 1 fully saturated rings. The second kappa shape index (κ2) is 3.97. The summed E-state index contributed by atoms with van der Waals surface area (Å²) in [7, 11) is 0. The molecule has 0 atom stereocenters. The first-order chi connectivity index (χ1) is 6.11. The molecular weight excluding hydrogens is 178 g/mol. The zero-order chi connectivity index (χ0) is 9.84. The van der Waals surface area contributed by atoms with Crippen LogP contribution in [0.2, 0.25) is 0 Å². The molecule has 0 bridgehead atoms. The molecule has 1 saturated heterocycles. The average Bonchev–Trinajstić information content (AvgIpc) is 2.02. The van der Waals surface area contributed by atoms with Crippen LogP contribution in [0.4, 0.5) is 0 Å². The van der Waals surface area contributed by atoms with Gasteiger partial charge in [0, 0.05) is 0 Å². The second-order valence-electron chi connectivity index (χ2n) is 2.65. The summed E-state index contributed by atoms with van der Waals surface area (Å²) in [6, 6.07) is 0. The molecule has 0 spiro atoms. The molecule has 0 aromatic rings. The molecule has 0 unspecified atom stereocenters. The molecule has 1 rings (SSSR count). The Morgan fingerprint density at radius 2 is 2.00 bits per heavy atom. The van der Waals surface area contributed by atoms with Crippen molar-refractivity contribution in [3.05, 3.63) is 0 Å². The molecule has 0 aromatic heterocycles. The number of piperazine rings is 1. The van der Waals surface area contributed by atoms with Crippen molar-refractivity contribution >= 4 is 17.7 Å². The Labute approximate surface area is 73.7 Å². The second-order valence-corrected chi connectivity index (χ2v) is 2.65. The molecule has 0 aromatic carbocycles. The molecule has 7 heteroatoms. The van der Waals surface area contributed by atoms with Crippen molar-refractivity contribution in [2.75, 3.05) is 19.6 Å². The van der Waals surface area contributed by atoms with Crippen LogP contribution in [0.5, 0.6) is 0 Å². The minimum atomic E-state index is -0.650.